The quantitative estimate of drug-likeness (QED) is 0.706. The molecule has 1 heterocycles. The van der Waals surface area contributed by atoms with Crippen LogP contribution in [0.5, 0.6) is 0 Å². The van der Waals surface area contributed by atoms with Crippen molar-refractivity contribution < 1.29 is 4.74 Å². The summed E-state index contributed by atoms with van der Waals surface area (Å²) in [6.45, 7) is 9.45. The van der Waals surface area contributed by atoms with Crippen LogP contribution < -0.4 is 5.32 Å². The molecule has 1 aliphatic rings. The van der Waals surface area contributed by atoms with Crippen LogP contribution >= 0.6 is 0 Å². The minimum Gasteiger partial charge on any atom is -0.363 e. The van der Waals surface area contributed by atoms with Crippen molar-refractivity contribution in [1.29, 1.82) is 0 Å². The van der Waals surface area contributed by atoms with E-state index < -0.39 is 0 Å². The zero-order chi connectivity index (χ0) is 15.6. The molecule has 0 amide bonds. The van der Waals surface area contributed by atoms with Crippen LogP contribution in [0.3, 0.4) is 0 Å². The molecule has 0 unspecified atom stereocenters. The molecule has 0 bridgehead atoms. The summed E-state index contributed by atoms with van der Waals surface area (Å²) in [6, 6.07) is 10.5. The molecule has 1 N–H and O–H groups in total. The van der Waals surface area contributed by atoms with Gasteiger partial charge in [-0.3, -0.25) is 4.90 Å². The second-order valence-corrected chi connectivity index (χ2v) is 6.02. The number of nitrogens with zero attached hydrogens (tertiary/aromatic N) is 1. The monoisotopic (exact) mass is 302 g/mol. The fourth-order valence-electron chi connectivity index (χ4n) is 3.01. The Morgan fingerprint density at radius 2 is 2.18 bits per heavy atom. The number of hydrogen-bond acceptors (Lipinski definition) is 3. The minimum absolute atomic E-state index is 0.365. The van der Waals surface area contributed by atoms with Crippen molar-refractivity contribution in [3.8, 4) is 0 Å². The highest BCUT2D eigenvalue weighted by atomic mass is 16.5. The molecule has 0 aliphatic carbocycles. The van der Waals surface area contributed by atoms with E-state index in [0.29, 0.717) is 6.23 Å². The Morgan fingerprint density at radius 1 is 1.36 bits per heavy atom. The Kier molecular flexibility index (Phi) is 7.64. The second kappa shape index (κ2) is 9.78. The lowest BCUT2D eigenvalue weighted by Crippen LogP contribution is -2.34. The Labute approximate surface area is 135 Å². The molecule has 1 aromatic rings. The van der Waals surface area contributed by atoms with Crippen molar-refractivity contribution in [2.45, 2.75) is 39.3 Å². The molecule has 0 aromatic heterocycles. The molecule has 2 rings (SSSR count). The van der Waals surface area contributed by atoms with Gasteiger partial charge in [0.2, 0.25) is 0 Å². The van der Waals surface area contributed by atoms with E-state index in [1.54, 1.807) is 0 Å². The molecule has 22 heavy (non-hydrogen) atoms. The molecule has 0 spiro atoms. The van der Waals surface area contributed by atoms with Crippen LogP contribution in [0.25, 0.3) is 6.08 Å². The first-order valence-corrected chi connectivity index (χ1v) is 8.58. The van der Waals surface area contributed by atoms with Crippen molar-refractivity contribution in [2.24, 2.45) is 0 Å². The zero-order valence-corrected chi connectivity index (χ0v) is 14.1. The van der Waals surface area contributed by atoms with Crippen LogP contribution in [0.15, 0.2) is 35.9 Å². The molecule has 1 atom stereocenters. The van der Waals surface area contributed by atoms with Crippen molar-refractivity contribution in [3.63, 3.8) is 0 Å². The summed E-state index contributed by atoms with van der Waals surface area (Å²) < 4.78 is 5.77. The van der Waals surface area contributed by atoms with Crippen molar-refractivity contribution in [2.75, 3.05) is 32.8 Å². The van der Waals surface area contributed by atoms with E-state index >= 15 is 0 Å². The predicted octanol–water partition coefficient (Wildman–Crippen LogP) is 3.53. The number of nitrogens with one attached hydrogen (secondary N) is 1. The third-order valence-corrected chi connectivity index (χ3v) is 4.08. The molecule has 1 aliphatic heterocycles. The van der Waals surface area contributed by atoms with Crippen molar-refractivity contribution in [1.82, 2.24) is 10.2 Å². The van der Waals surface area contributed by atoms with Crippen LogP contribution in [-0.2, 0) is 4.74 Å². The van der Waals surface area contributed by atoms with Crippen LogP contribution in [0.2, 0.25) is 0 Å². The van der Waals surface area contributed by atoms with Crippen molar-refractivity contribution >= 4 is 6.08 Å². The number of hydrogen-bond donors (Lipinski definition) is 1. The van der Waals surface area contributed by atoms with Gasteiger partial charge in [-0.05, 0) is 45.2 Å². The summed E-state index contributed by atoms with van der Waals surface area (Å²) in [5.41, 5.74) is 2.65. The fourth-order valence-corrected chi connectivity index (χ4v) is 3.01. The maximum atomic E-state index is 5.77. The average Bonchev–Trinajstić information content (AvgIpc) is 2.96. The molecular weight excluding hydrogens is 272 g/mol. The summed E-state index contributed by atoms with van der Waals surface area (Å²) in [6.07, 6.45) is 6.27. The number of ether oxygens (including phenoxy) is 1. The normalized spacial score (nSPS) is 19.7. The Balaban J connectivity index is 1.60. The Bertz CT molecular complexity index is 444. The maximum absolute atomic E-state index is 5.77. The largest absolute Gasteiger partial charge is 0.363 e. The first kappa shape index (κ1) is 17.2. The highest BCUT2D eigenvalue weighted by Crippen LogP contribution is 2.18. The molecule has 1 fully saturated rings. The topological polar surface area (TPSA) is 24.5 Å². The van der Waals surface area contributed by atoms with Gasteiger partial charge in [0.1, 0.15) is 6.23 Å². The van der Waals surface area contributed by atoms with Crippen LogP contribution in [0, 0.1) is 0 Å². The highest BCUT2D eigenvalue weighted by Gasteiger charge is 2.23. The van der Waals surface area contributed by atoms with Crippen LogP contribution in [0.4, 0.5) is 0 Å². The maximum Gasteiger partial charge on any atom is 0.110 e. The Morgan fingerprint density at radius 3 is 2.95 bits per heavy atom. The predicted molar refractivity (Wildman–Crippen MR) is 93.8 cm³/mol. The third-order valence-electron chi connectivity index (χ3n) is 4.08. The van der Waals surface area contributed by atoms with Gasteiger partial charge in [0.15, 0.2) is 0 Å². The van der Waals surface area contributed by atoms with E-state index in [1.165, 1.54) is 36.9 Å². The van der Waals surface area contributed by atoms with Crippen LogP contribution in [-0.4, -0.2) is 43.9 Å². The van der Waals surface area contributed by atoms with Gasteiger partial charge in [-0.25, -0.2) is 0 Å². The third kappa shape index (κ3) is 5.91. The van der Waals surface area contributed by atoms with Gasteiger partial charge in [0.25, 0.3) is 0 Å². The van der Waals surface area contributed by atoms with Crippen molar-refractivity contribution in [3.05, 3.63) is 41.5 Å². The zero-order valence-electron chi connectivity index (χ0n) is 14.1. The first-order chi connectivity index (χ1) is 10.8. The summed E-state index contributed by atoms with van der Waals surface area (Å²) in [4.78, 5) is 2.48. The van der Waals surface area contributed by atoms with E-state index in [2.05, 4.69) is 60.5 Å². The summed E-state index contributed by atoms with van der Waals surface area (Å²) in [7, 11) is 0. The molecular formula is C19H30N2O. The van der Waals surface area contributed by atoms with E-state index in [1.807, 2.05) is 0 Å². The highest BCUT2D eigenvalue weighted by molar-refractivity contribution is 5.52. The van der Waals surface area contributed by atoms with Gasteiger partial charge in [-0.15, -0.1) is 0 Å². The van der Waals surface area contributed by atoms with E-state index in [9.17, 15) is 0 Å². The lowest BCUT2D eigenvalue weighted by molar-refractivity contribution is -0.0294. The molecule has 3 nitrogen and oxygen atoms in total. The minimum atomic E-state index is 0.365. The van der Waals surface area contributed by atoms with Gasteiger partial charge in [0.05, 0.1) is 0 Å². The van der Waals surface area contributed by atoms with Gasteiger partial charge in [-0.1, -0.05) is 42.0 Å². The molecule has 1 saturated heterocycles. The molecule has 0 radical (unpaired) electrons. The smallest absolute Gasteiger partial charge is 0.110 e. The number of benzene rings is 1. The first-order valence-electron chi connectivity index (χ1n) is 8.58. The summed E-state index contributed by atoms with van der Waals surface area (Å²) >= 11 is 0. The van der Waals surface area contributed by atoms with Gasteiger partial charge < -0.3 is 10.1 Å². The average molecular weight is 302 g/mol. The van der Waals surface area contributed by atoms with Gasteiger partial charge in [-0.2, -0.15) is 0 Å². The standard InChI is InChI=1S/C19H30N2O/c1-3-22-19-11-7-13-21(19)14-8-12-20-16-17(2)15-18-9-5-4-6-10-18/h4-6,9-10,15,19-20H,3,7-8,11-14,16H2,1-2H3/b17-15+/t19-/m0/s1. The van der Waals surface area contributed by atoms with E-state index in [-0.39, 0.29) is 0 Å². The van der Waals surface area contributed by atoms with E-state index in [0.717, 1.165) is 26.2 Å². The summed E-state index contributed by atoms with van der Waals surface area (Å²) in [5.74, 6) is 0. The second-order valence-electron chi connectivity index (χ2n) is 6.02. The van der Waals surface area contributed by atoms with Crippen LogP contribution in [0.1, 0.15) is 38.7 Å². The lowest BCUT2D eigenvalue weighted by atomic mass is 10.1. The number of likely N-dealkylation sites (tertiary alicyclic amines) is 1. The fraction of sp³-hybridized carbons (Fsp3) is 0.579. The van der Waals surface area contributed by atoms with E-state index in [4.69, 9.17) is 4.74 Å². The summed E-state index contributed by atoms with van der Waals surface area (Å²) in [5, 5.41) is 3.54. The van der Waals surface area contributed by atoms with Gasteiger partial charge >= 0.3 is 0 Å². The Hall–Kier alpha value is -1.16. The molecule has 0 saturated carbocycles. The lowest BCUT2D eigenvalue weighted by Gasteiger charge is -2.24. The SMILES string of the molecule is CCO[C@H]1CCCN1CCCNC/C(C)=C/c1ccccc1. The number of rotatable bonds is 9. The molecule has 3 heteroatoms. The molecule has 1 aromatic carbocycles. The van der Waals surface area contributed by atoms with Gasteiger partial charge in [0, 0.05) is 26.2 Å². The molecule has 122 valence electrons.